The SMILES string of the molecule is N#Cc1ccc(C#CCCCl)c(F)c1. The quantitative estimate of drug-likeness (QED) is 0.513. The van der Waals surface area contributed by atoms with Crippen molar-refractivity contribution in [3.63, 3.8) is 0 Å². The normalized spacial score (nSPS) is 8.64. The lowest BCUT2D eigenvalue weighted by Gasteiger charge is -1.93. The fourth-order valence-electron chi connectivity index (χ4n) is 0.891. The monoisotopic (exact) mass is 207 g/mol. The minimum Gasteiger partial charge on any atom is -0.206 e. The number of rotatable bonds is 1. The molecule has 1 aromatic carbocycles. The Morgan fingerprint density at radius 2 is 2.21 bits per heavy atom. The first-order valence-electron chi connectivity index (χ1n) is 4.02. The topological polar surface area (TPSA) is 23.8 Å². The lowest BCUT2D eigenvalue weighted by atomic mass is 10.1. The minimum absolute atomic E-state index is 0.297. The van der Waals surface area contributed by atoms with Crippen LogP contribution in [-0.2, 0) is 0 Å². The van der Waals surface area contributed by atoms with Gasteiger partial charge in [-0.3, -0.25) is 0 Å². The average molecular weight is 208 g/mol. The van der Waals surface area contributed by atoms with E-state index in [0.717, 1.165) is 0 Å². The Labute approximate surface area is 87.1 Å². The van der Waals surface area contributed by atoms with E-state index < -0.39 is 5.82 Å². The van der Waals surface area contributed by atoms with Crippen LogP contribution in [0.25, 0.3) is 0 Å². The van der Waals surface area contributed by atoms with E-state index in [-0.39, 0.29) is 0 Å². The van der Waals surface area contributed by atoms with Crippen molar-refractivity contribution in [3.05, 3.63) is 35.1 Å². The second-order valence-electron chi connectivity index (χ2n) is 2.55. The molecule has 70 valence electrons. The maximum atomic E-state index is 13.2. The van der Waals surface area contributed by atoms with Crippen LogP contribution in [0.4, 0.5) is 4.39 Å². The summed E-state index contributed by atoms with van der Waals surface area (Å²) < 4.78 is 13.2. The standard InChI is InChI=1S/C11H7ClFN/c12-6-2-1-3-10-5-4-9(8-14)7-11(10)13/h4-5,7H,2,6H2. The lowest BCUT2D eigenvalue weighted by molar-refractivity contribution is 0.624. The van der Waals surface area contributed by atoms with Crippen LogP contribution in [0.2, 0.25) is 0 Å². The van der Waals surface area contributed by atoms with Gasteiger partial charge in [0.15, 0.2) is 0 Å². The molecule has 0 aliphatic rings. The predicted molar refractivity (Wildman–Crippen MR) is 53.3 cm³/mol. The van der Waals surface area contributed by atoms with E-state index in [1.807, 2.05) is 6.07 Å². The van der Waals surface area contributed by atoms with E-state index in [1.165, 1.54) is 18.2 Å². The third-order valence-corrected chi connectivity index (χ3v) is 1.73. The summed E-state index contributed by atoms with van der Waals surface area (Å²) >= 11 is 5.42. The van der Waals surface area contributed by atoms with Crippen molar-refractivity contribution in [2.75, 3.05) is 5.88 Å². The molecule has 0 amide bonds. The summed E-state index contributed by atoms with van der Waals surface area (Å²) in [6.45, 7) is 0. The fourth-order valence-corrected chi connectivity index (χ4v) is 0.985. The van der Waals surface area contributed by atoms with Crippen molar-refractivity contribution >= 4 is 11.6 Å². The number of halogens is 2. The average Bonchev–Trinajstić information content (AvgIpc) is 2.20. The molecule has 0 spiro atoms. The molecule has 0 N–H and O–H groups in total. The van der Waals surface area contributed by atoms with E-state index in [0.29, 0.717) is 23.4 Å². The van der Waals surface area contributed by atoms with Gasteiger partial charge in [0.1, 0.15) is 5.82 Å². The number of benzene rings is 1. The Kier molecular flexibility index (Phi) is 3.98. The first-order valence-corrected chi connectivity index (χ1v) is 4.56. The summed E-state index contributed by atoms with van der Waals surface area (Å²) in [5.74, 6) is 5.34. The van der Waals surface area contributed by atoms with Gasteiger partial charge in [0, 0.05) is 12.3 Å². The summed E-state index contributed by atoms with van der Waals surface area (Å²) in [5, 5.41) is 8.50. The van der Waals surface area contributed by atoms with Crippen LogP contribution in [0.15, 0.2) is 18.2 Å². The summed E-state index contributed by atoms with van der Waals surface area (Å²) in [6.07, 6.45) is 0.529. The largest absolute Gasteiger partial charge is 0.206 e. The van der Waals surface area contributed by atoms with Gasteiger partial charge in [-0.1, -0.05) is 11.8 Å². The van der Waals surface area contributed by atoms with Crippen molar-refractivity contribution in [2.45, 2.75) is 6.42 Å². The number of nitriles is 1. The van der Waals surface area contributed by atoms with E-state index in [4.69, 9.17) is 16.9 Å². The third kappa shape index (κ3) is 2.76. The van der Waals surface area contributed by atoms with Gasteiger partial charge in [0.05, 0.1) is 17.2 Å². The van der Waals surface area contributed by atoms with Crippen LogP contribution in [-0.4, -0.2) is 5.88 Å². The zero-order valence-electron chi connectivity index (χ0n) is 7.35. The highest BCUT2D eigenvalue weighted by Gasteiger charge is 1.99. The Morgan fingerprint density at radius 3 is 2.79 bits per heavy atom. The van der Waals surface area contributed by atoms with Gasteiger partial charge < -0.3 is 0 Å². The van der Waals surface area contributed by atoms with Crippen LogP contribution in [0.5, 0.6) is 0 Å². The molecule has 14 heavy (non-hydrogen) atoms. The highest BCUT2D eigenvalue weighted by molar-refractivity contribution is 6.18. The number of alkyl halides is 1. The molecule has 3 heteroatoms. The molecule has 0 aliphatic heterocycles. The number of hydrogen-bond donors (Lipinski definition) is 0. The predicted octanol–water partition coefficient (Wildman–Crippen LogP) is 2.68. The highest BCUT2D eigenvalue weighted by Crippen LogP contribution is 2.08. The van der Waals surface area contributed by atoms with Gasteiger partial charge in [0.2, 0.25) is 0 Å². The second kappa shape index (κ2) is 5.27. The molecule has 0 aliphatic carbocycles. The Bertz CT molecular complexity index is 423. The molecule has 0 bridgehead atoms. The fraction of sp³-hybridized carbons (Fsp3) is 0.182. The van der Waals surface area contributed by atoms with Gasteiger partial charge >= 0.3 is 0 Å². The third-order valence-electron chi connectivity index (χ3n) is 1.54. The van der Waals surface area contributed by atoms with Crippen LogP contribution < -0.4 is 0 Å². The second-order valence-corrected chi connectivity index (χ2v) is 2.93. The maximum absolute atomic E-state index is 13.2. The van der Waals surface area contributed by atoms with Gasteiger partial charge in [-0.05, 0) is 18.2 Å². The van der Waals surface area contributed by atoms with Crippen molar-refractivity contribution < 1.29 is 4.39 Å². The Balaban J connectivity index is 2.92. The molecule has 1 rings (SSSR count). The van der Waals surface area contributed by atoms with Crippen molar-refractivity contribution in [1.82, 2.24) is 0 Å². The first kappa shape index (κ1) is 10.6. The van der Waals surface area contributed by atoms with Crippen LogP contribution in [0.1, 0.15) is 17.5 Å². The van der Waals surface area contributed by atoms with Gasteiger partial charge in [-0.2, -0.15) is 5.26 Å². The van der Waals surface area contributed by atoms with E-state index in [2.05, 4.69) is 11.8 Å². The smallest absolute Gasteiger partial charge is 0.140 e. The van der Waals surface area contributed by atoms with Crippen LogP contribution in [0.3, 0.4) is 0 Å². The molecule has 1 nitrogen and oxygen atoms in total. The molecule has 0 radical (unpaired) electrons. The molecule has 0 fully saturated rings. The molecular formula is C11H7ClFN. The summed E-state index contributed by atoms with van der Waals surface area (Å²) in [6, 6.07) is 6.05. The minimum atomic E-state index is -0.467. The van der Waals surface area contributed by atoms with Gasteiger partial charge in [0.25, 0.3) is 0 Å². The molecule has 0 heterocycles. The molecule has 1 aromatic rings. The molecular weight excluding hydrogens is 201 g/mol. The summed E-state index contributed by atoms with van der Waals surface area (Å²) in [7, 11) is 0. The molecule has 0 aromatic heterocycles. The van der Waals surface area contributed by atoms with Gasteiger partial charge in [-0.25, -0.2) is 4.39 Å². The number of hydrogen-bond acceptors (Lipinski definition) is 1. The zero-order chi connectivity index (χ0) is 10.4. The van der Waals surface area contributed by atoms with Gasteiger partial charge in [-0.15, -0.1) is 11.6 Å². The molecule has 0 unspecified atom stereocenters. The molecule has 0 atom stereocenters. The van der Waals surface area contributed by atoms with Crippen LogP contribution in [0, 0.1) is 29.0 Å². The van der Waals surface area contributed by atoms with Crippen LogP contribution >= 0.6 is 11.6 Å². The van der Waals surface area contributed by atoms with Crippen molar-refractivity contribution in [3.8, 4) is 17.9 Å². The first-order chi connectivity index (χ1) is 6.77. The Morgan fingerprint density at radius 1 is 1.43 bits per heavy atom. The lowest BCUT2D eigenvalue weighted by Crippen LogP contribution is -1.85. The molecule has 0 saturated heterocycles. The summed E-state index contributed by atoms with van der Waals surface area (Å²) in [4.78, 5) is 0. The molecule has 0 saturated carbocycles. The number of nitrogens with zero attached hydrogens (tertiary/aromatic N) is 1. The van der Waals surface area contributed by atoms with Crippen molar-refractivity contribution in [2.24, 2.45) is 0 Å². The Hall–Kier alpha value is -1.51. The van der Waals surface area contributed by atoms with Crippen molar-refractivity contribution in [1.29, 1.82) is 5.26 Å². The van der Waals surface area contributed by atoms with E-state index in [1.54, 1.807) is 0 Å². The van der Waals surface area contributed by atoms with E-state index in [9.17, 15) is 4.39 Å². The maximum Gasteiger partial charge on any atom is 0.140 e. The van der Waals surface area contributed by atoms with E-state index >= 15 is 0 Å². The zero-order valence-corrected chi connectivity index (χ0v) is 8.11. The summed E-state index contributed by atoms with van der Waals surface area (Å²) in [5.41, 5.74) is 0.597. The highest BCUT2D eigenvalue weighted by atomic mass is 35.5.